The molecular weight excluding hydrogens is 230 g/mol. The summed E-state index contributed by atoms with van der Waals surface area (Å²) in [6.45, 7) is 5.97. The van der Waals surface area contributed by atoms with Crippen LogP contribution in [0.4, 0.5) is 11.5 Å². The van der Waals surface area contributed by atoms with Crippen LogP contribution in [0.3, 0.4) is 0 Å². The van der Waals surface area contributed by atoms with Crippen LogP contribution in [0.25, 0.3) is 0 Å². The van der Waals surface area contributed by atoms with Crippen molar-refractivity contribution >= 4 is 22.8 Å². The van der Waals surface area contributed by atoms with Crippen LogP contribution in [0.2, 0.25) is 0 Å². The molecule has 4 heteroatoms. The molecule has 0 aliphatic rings. The van der Waals surface area contributed by atoms with Gasteiger partial charge in [0.05, 0.1) is 0 Å². The predicted octanol–water partition coefficient (Wildman–Crippen LogP) is 3.50. The standard InChI is InChI=1S/C13H17N3S/c1-3-14-13-8-11(4-6-15-13)16-9-12-10(2)5-7-17-12/h4-8H,3,9H2,1-2H3,(H2,14,15,16). The minimum absolute atomic E-state index is 0.874. The second-order valence-electron chi connectivity index (χ2n) is 3.84. The van der Waals surface area contributed by atoms with E-state index in [0.717, 1.165) is 24.6 Å². The molecule has 0 fully saturated rings. The molecule has 2 rings (SSSR count). The number of aryl methyl sites for hydroxylation is 1. The van der Waals surface area contributed by atoms with Crippen molar-refractivity contribution in [1.82, 2.24) is 4.98 Å². The van der Waals surface area contributed by atoms with Gasteiger partial charge in [0.15, 0.2) is 0 Å². The van der Waals surface area contributed by atoms with Crippen LogP contribution in [-0.4, -0.2) is 11.5 Å². The summed E-state index contributed by atoms with van der Waals surface area (Å²) in [5.74, 6) is 0.917. The number of anilines is 2. The summed E-state index contributed by atoms with van der Waals surface area (Å²) in [5, 5.41) is 8.75. The first-order chi connectivity index (χ1) is 8.29. The van der Waals surface area contributed by atoms with Crippen molar-refractivity contribution in [2.75, 3.05) is 17.2 Å². The third-order valence-corrected chi connectivity index (χ3v) is 3.56. The summed E-state index contributed by atoms with van der Waals surface area (Å²) in [6.07, 6.45) is 1.82. The Labute approximate surface area is 106 Å². The van der Waals surface area contributed by atoms with Crippen LogP contribution < -0.4 is 10.6 Å². The molecule has 0 aliphatic carbocycles. The molecule has 0 atom stereocenters. The molecule has 0 aromatic carbocycles. The molecule has 2 heterocycles. The molecule has 2 N–H and O–H groups in total. The molecule has 3 nitrogen and oxygen atoms in total. The van der Waals surface area contributed by atoms with E-state index in [0.29, 0.717) is 0 Å². The van der Waals surface area contributed by atoms with Gasteiger partial charge in [0, 0.05) is 35.9 Å². The highest BCUT2D eigenvalue weighted by atomic mass is 32.1. The van der Waals surface area contributed by atoms with Crippen LogP contribution in [0.1, 0.15) is 17.4 Å². The fourth-order valence-electron chi connectivity index (χ4n) is 1.59. The Morgan fingerprint density at radius 1 is 1.29 bits per heavy atom. The Morgan fingerprint density at radius 3 is 2.88 bits per heavy atom. The summed E-state index contributed by atoms with van der Waals surface area (Å²) < 4.78 is 0. The number of thiophene rings is 1. The molecular formula is C13H17N3S. The zero-order chi connectivity index (χ0) is 12.1. The van der Waals surface area contributed by atoms with Gasteiger partial charge in [-0.15, -0.1) is 11.3 Å². The Morgan fingerprint density at radius 2 is 2.18 bits per heavy atom. The summed E-state index contributed by atoms with van der Waals surface area (Å²) >= 11 is 1.79. The molecule has 0 aliphatic heterocycles. The molecule has 0 bridgehead atoms. The topological polar surface area (TPSA) is 37.0 Å². The fourth-order valence-corrected chi connectivity index (χ4v) is 2.43. The van der Waals surface area contributed by atoms with E-state index < -0.39 is 0 Å². The van der Waals surface area contributed by atoms with Crippen molar-refractivity contribution in [3.05, 3.63) is 40.2 Å². The number of nitrogens with zero attached hydrogens (tertiary/aromatic N) is 1. The lowest BCUT2D eigenvalue weighted by atomic mass is 10.3. The van der Waals surface area contributed by atoms with Crippen LogP contribution in [-0.2, 0) is 6.54 Å². The van der Waals surface area contributed by atoms with Gasteiger partial charge in [-0.25, -0.2) is 4.98 Å². The van der Waals surface area contributed by atoms with Crippen molar-refractivity contribution in [3.63, 3.8) is 0 Å². The van der Waals surface area contributed by atoms with Gasteiger partial charge >= 0.3 is 0 Å². The van der Waals surface area contributed by atoms with E-state index >= 15 is 0 Å². The fraction of sp³-hybridized carbons (Fsp3) is 0.308. The molecule has 17 heavy (non-hydrogen) atoms. The maximum absolute atomic E-state index is 4.24. The van der Waals surface area contributed by atoms with E-state index in [9.17, 15) is 0 Å². The zero-order valence-corrected chi connectivity index (χ0v) is 11.0. The lowest BCUT2D eigenvalue weighted by molar-refractivity contribution is 1.13. The lowest BCUT2D eigenvalue weighted by Crippen LogP contribution is -2.02. The molecule has 0 saturated carbocycles. The minimum atomic E-state index is 0.874. The van der Waals surface area contributed by atoms with Gasteiger partial charge in [-0.3, -0.25) is 0 Å². The highest BCUT2D eigenvalue weighted by Gasteiger charge is 2.00. The van der Waals surface area contributed by atoms with Crippen LogP contribution in [0.5, 0.6) is 0 Å². The molecule has 0 saturated heterocycles. The lowest BCUT2D eigenvalue weighted by Gasteiger charge is -2.08. The SMILES string of the molecule is CCNc1cc(NCc2sccc2C)ccn1. The maximum Gasteiger partial charge on any atom is 0.127 e. The average Bonchev–Trinajstić information content (AvgIpc) is 2.73. The number of hydrogen-bond acceptors (Lipinski definition) is 4. The Hall–Kier alpha value is -1.55. The van der Waals surface area contributed by atoms with Gasteiger partial charge in [-0.1, -0.05) is 0 Å². The monoisotopic (exact) mass is 247 g/mol. The molecule has 0 unspecified atom stereocenters. The number of pyridine rings is 1. The quantitative estimate of drug-likeness (QED) is 0.849. The average molecular weight is 247 g/mol. The Kier molecular flexibility index (Phi) is 3.98. The van der Waals surface area contributed by atoms with Crippen molar-refractivity contribution in [2.45, 2.75) is 20.4 Å². The highest BCUT2D eigenvalue weighted by Crippen LogP contribution is 2.18. The van der Waals surface area contributed by atoms with Gasteiger partial charge in [0.25, 0.3) is 0 Å². The minimum Gasteiger partial charge on any atom is -0.380 e. The first-order valence-corrected chi connectivity index (χ1v) is 6.64. The molecule has 0 radical (unpaired) electrons. The molecule has 0 spiro atoms. The van der Waals surface area contributed by atoms with Gasteiger partial charge in [-0.2, -0.15) is 0 Å². The number of hydrogen-bond donors (Lipinski definition) is 2. The second kappa shape index (κ2) is 5.68. The smallest absolute Gasteiger partial charge is 0.127 e. The second-order valence-corrected chi connectivity index (χ2v) is 4.84. The van der Waals surface area contributed by atoms with Gasteiger partial charge < -0.3 is 10.6 Å². The van der Waals surface area contributed by atoms with Crippen LogP contribution in [0.15, 0.2) is 29.8 Å². The number of nitrogens with one attached hydrogen (secondary N) is 2. The Bertz CT molecular complexity index is 479. The van der Waals surface area contributed by atoms with Crippen LogP contribution in [0, 0.1) is 6.92 Å². The van der Waals surface area contributed by atoms with Crippen molar-refractivity contribution < 1.29 is 0 Å². The number of rotatable bonds is 5. The highest BCUT2D eigenvalue weighted by molar-refractivity contribution is 7.10. The molecule has 2 aromatic rings. The first-order valence-electron chi connectivity index (χ1n) is 5.76. The van der Waals surface area contributed by atoms with Crippen LogP contribution >= 0.6 is 11.3 Å². The maximum atomic E-state index is 4.24. The van der Waals surface area contributed by atoms with Gasteiger partial charge in [0.2, 0.25) is 0 Å². The first kappa shape index (κ1) is 11.9. The van der Waals surface area contributed by atoms with E-state index in [1.807, 2.05) is 18.3 Å². The summed E-state index contributed by atoms with van der Waals surface area (Å²) in [6, 6.07) is 6.18. The molecule has 90 valence electrons. The zero-order valence-electron chi connectivity index (χ0n) is 10.2. The van der Waals surface area contributed by atoms with Crippen molar-refractivity contribution in [1.29, 1.82) is 0 Å². The summed E-state index contributed by atoms with van der Waals surface area (Å²) in [4.78, 5) is 5.62. The van der Waals surface area contributed by atoms with E-state index in [2.05, 4.69) is 40.9 Å². The van der Waals surface area contributed by atoms with E-state index in [4.69, 9.17) is 0 Å². The van der Waals surface area contributed by atoms with E-state index in [1.54, 1.807) is 11.3 Å². The van der Waals surface area contributed by atoms with Crippen molar-refractivity contribution in [3.8, 4) is 0 Å². The van der Waals surface area contributed by atoms with Gasteiger partial charge in [-0.05, 0) is 36.9 Å². The molecule has 2 aromatic heterocycles. The van der Waals surface area contributed by atoms with Gasteiger partial charge in [0.1, 0.15) is 5.82 Å². The summed E-state index contributed by atoms with van der Waals surface area (Å²) in [7, 11) is 0. The number of aromatic nitrogens is 1. The Balaban J connectivity index is 1.99. The normalized spacial score (nSPS) is 10.2. The third-order valence-electron chi connectivity index (χ3n) is 2.54. The third kappa shape index (κ3) is 3.20. The van der Waals surface area contributed by atoms with E-state index in [1.165, 1.54) is 10.4 Å². The summed E-state index contributed by atoms with van der Waals surface area (Å²) in [5.41, 5.74) is 2.45. The van der Waals surface area contributed by atoms with Crippen molar-refractivity contribution in [2.24, 2.45) is 0 Å². The predicted molar refractivity (Wildman–Crippen MR) is 74.8 cm³/mol. The largest absolute Gasteiger partial charge is 0.380 e. The van der Waals surface area contributed by atoms with E-state index in [-0.39, 0.29) is 0 Å². The molecule has 0 amide bonds.